The molecule has 1 aliphatic rings. The summed E-state index contributed by atoms with van der Waals surface area (Å²) in [4.78, 5) is 11.3. The molecule has 0 heterocycles. The van der Waals surface area contributed by atoms with Gasteiger partial charge in [-0.15, -0.1) is 0 Å². The van der Waals surface area contributed by atoms with Gasteiger partial charge in [0.25, 0.3) is 0 Å². The Bertz CT molecular complexity index is 368. The Kier molecular flexibility index (Phi) is 4.15. The first kappa shape index (κ1) is 14.0. The van der Waals surface area contributed by atoms with E-state index in [0.717, 1.165) is 24.0 Å². The van der Waals surface area contributed by atoms with Gasteiger partial charge in [-0.2, -0.15) is 0 Å². The SMILES string of the molecule is CC1=C(CCC(C)C)C(N)C(C)(C(=O)O)C=C1. The molecule has 17 heavy (non-hydrogen) atoms. The lowest BCUT2D eigenvalue weighted by Gasteiger charge is -2.34. The third-order valence-corrected chi connectivity index (χ3v) is 3.66. The molecule has 1 rings (SSSR count). The third-order valence-electron chi connectivity index (χ3n) is 3.66. The minimum absolute atomic E-state index is 0.413. The van der Waals surface area contributed by atoms with Gasteiger partial charge in [-0.1, -0.05) is 31.6 Å². The standard InChI is InChI=1S/C14H23NO2/c1-9(2)5-6-11-10(3)7-8-14(4,12(11)15)13(16)17/h7-9,12H,5-6,15H2,1-4H3,(H,16,17). The van der Waals surface area contributed by atoms with Crippen LogP contribution >= 0.6 is 0 Å². The number of carbonyl (C=O) groups is 1. The highest BCUT2D eigenvalue weighted by atomic mass is 16.4. The number of allylic oxidation sites excluding steroid dienone is 2. The first-order valence-corrected chi connectivity index (χ1v) is 6.17. The van der Waals surface area contributed by atoms with Gasteiger partial charge in [-0.05, 0) is 38.2 Å². The zero-order valence-electron chi connectivity index (χ0n) is 11.2. The van der Waals surface area contributed by atoms with E-state index in [1.165, 1.54) is 0 Å². The maximum Gasteiger partial charge on any atom is 0.315 e. The van der Waals surface area contributed by atoms with Crippen LogP contribution in [-0.2, 0) is 4.79 Å². The van der Waals surface area contributed by atoms with Crippen LogP contribution in [-0.4, -0.2) is 17.1 Å². The molecule has 0 radical (unpaired) electrons. The molecule has 3 heteroatoms. The van der Waals surface area contributed by atoms with Gasteiger partial charge in [-0.25, -0.2) is 0 Å². The number of hydrogen-bond donors (Lipinski definition) is 2. The molecule has 0 amide bonds. The molecule has 0 aromatic heterocycles. The van der Waals surface area contributed by atoms with Crippen LogP contribution in [0.1, 0.15) is 40.5 Å². The lowest BCUT2D eigenvalue weighted by Crippen LogP contribution is -2.47. The topological polar surface area (TPSA) is 63.3 Å². The summed E-state index contributed by atoms with van der Waals surface area (Å²) in [5, 5.41) is 9.30. The highest BCUT2D eigenvalue weighted by Crippen LogP contribution is 2.35. The average molecular weight is 237 g/mol. The Labute approximate surface area is 103 Å². The fourth-order valence-corrected chi connectivity index (χ4v) is 2.12. The predicted octanol–water partition coefficient (Wildman–Crippen LogP) is 2.73. The minimum atomic E-state index is -0.966. The van der Waals surface area contributed by atoms with E-state index in [2.05, 4.69) is 13.8 Å². The number of carboxylic acid groups (broad SMARTS) is 1. The predicted molar refractivity (Wildman–Crippen MR) is 69.6 cm³/mol. The highest BCUT2D eigenvalue weighted by Gasteiger charge is 2.41. The third kappa shape index (κ3) is 2.78. The van der Waals surface area contributed by atoms with Crippen LogP contribution in [0.15, 0.2) is 23.3 Å². The lowest BCUT2D eigenvalue weighted by atomic mass is 9.72. The molecule has 0 bridgehead atoms. The van der Waals surface area contributed by atoms with Crippen LogP contribution in [0.5, 0.6) is 0 Å². The lowest BCUT2D eigenvalue weighted by molar-refractivity contribution is -0.145. The van der Waals surface area contributed by atoms with Crippen LogP contribution in [0.25, 0.3) is 0 Å². The second-order valence-corrected chi connectivity index (χ2v) is 5.54. The minimum Gasteiger partial charge on any atom is -0.481 e. The summed E-state index contributed by atoms with van der Waals surface area (Å²) in [5.41, 5.74) is 7.39. The molecule has 0 aliphatic heterocycles. The van der Waals surface area contributed by atoms with Crippen molar-refractivity contribution >= 4 is 5.97 Å². The molecule has 0 aromatic rings. The Hall–Kier alpha value is -1.09. The van der Waals surface area contributed by atoms with Crippen LogP contribution in [0.4, 0.5) is 0 Å². The molecule has 0 aromatic carbocycles. The molecular weight excluding hydrogens is 214 g/mol. The highest BCUT2D eigenvalue weighted by molar-refractivity contribution is 5.79. The van der Waals surface area contributed by atoms with Gasteiger partial charge < -0.3 is 10.8 Å². The molecule has 0 fully saturated rings. The molecule has 3 nitrogen and oxygen atoms in total. The van der Waals surface area contributed by atoms with Crippen molar-refractivity contribution in [3.8, 4) is 0 Å². The van der Waals surface area contributed by atoms with Crippen molar-refractivity contribution in [1.82, 2.24) is 0 Å². The first-order chi connectivity index (χ1) is 7.79. The Morgan fingerprint density at radius 1 is 1.59 bits per heavy atom. The quantitative estimate of drug-likeness (QED) is 0.790. The number of nitrogens with two attached hydrogens (primary N) is 1. The van der Waals surface area contributed by atoms with E-state index in [1.807, 2.05) is 13.0 Å². The van der Waals surface area contributed by atoms with Crippen LogP contribution in [0.3, 0.4) is 0 Å². The Morgan fingerprint density at radius 2 is 2.18 bits per heavy atom. The number of rotatable bonds is 4. The van der Waals surface area contributed by atoms with Gasteiger partial charge in [0.15, 0.2) is 0 Å². The summed E-state index contributed by atoms with van der Waals surface area (Å²) in [5.74, 6) is -0.250. The van der Waals surface area contributed by atoms with Crippen molar-refractivity contribution in [1.29, 1.82) is 0 Å². The summed E-state index contributed by atoms with van der Waals surface area (Å²) in [6, 6.07) is -0.413. The smallest absolute Gasteiger partial charge is 0.315 e. The van der Waals surface area contributed by atoms with Crippen molar-refractivity contribution in [2.75, 3.05) is 0 Å². The molecule has 3 N–H and O–H groups in total. The zero-order valence-corrected chi connectivity index (χ0v) is 11.2. The van der Waals surface area contributed by atoms with E-state index >= 15 is 0 Å². The second kappa shape index (κ2) is 5.05. The van der Waals surface area contributed by atoms with Crippen molar-refractivity contribution in [3.63, 3.8) is 0 Å². The van der Waals surface area contributed by atoms with Crippen molar-refractivity contribution in [2.24, 2.45) is 17.1 Å². The number of aliphatic carboxylic acids is 1. The molecule has 0 saturated heterocycles. The number of carboxylic acids is 1. The summed E-state index contributed by atoms with van der Waals surface area (Å²) in [7, 11) is 0. The van der Waals surface area contributed by atoms with E-state index < -0.39 is 17.4 Å². The van der Waals surface area contributed by atoms with Crippen LogP contribution in [0, 0.1) is 11.3 Å². The Morgan fingerprint density at radius 3 is 2.65 bits per heavy atom. The van der Waals surface area contributed by atoms with E-state index in [1.54, 1.807) is 13.0 Å². The number of hydrogen-bond acceptors (Lipinski definition) is 2. The van der Waals surface area contributed by atoms with Gasteiger partial charge in [0.1, 0.15) is 5.41 Å². The van der Waals surface area contributed by atoms with Gasteiger partial charge in [0.2, 0.25) is 0 Å². The average Bonchev–Trinajstić information content (AvgIpc) is 2.23. The molecule has 2 unspecified atom stereocenters. The van der Waals surface area contributed by atoms with Gasteiger partial charge in [0, 0.05) is 6.04 Å². The normalized spacial score (nSPS) is 28.9. The largest absolute Gasteiger partial charge is 0.481 e. The van der Waals surface area contributed by atoms with Crippen molar-refractivity contribution in [2.45, 2.75) is 46.6 Å². The van der Waals surface area contributed by atoms with E-state index in [4.69, 9.17) is 5.73 Å². The Balaban J connectivity index is 2.95. The fourth-order valence-electron chi connectivity index (χ4n) is 2.12. The van der Waals surface area contributed by atoms with E-state index in [-0.39, 0.29) is 0 Å². The molecule has 2 atom stereocenters. The summed E-state index contributed by atoms with van der Waals surface area (Å²) < 4.78 is 0. The summed E-state index contributed by atoms with van der Waals surface area (Å²) in [6.45, 7) is 8.03. The summed E-state index contributed by atoms with van der Waals surface area (Å²) >= 11 is 0. The maximum atomic E-state index is 11.3. The van der Waals surface area contributed by atoms with Crippen molar-refractivity contribution in [3.05, 3.63) is 23.3 Å². The fraction of sp³-hybridized carbons (Fsp3) is 0.643. The van der Waals surface area contributed by atoms with Gasteiger partial charge >= 0.3 is 5.97 Å². The molecule has 1 aliphatic carbocycles. The molecule has 96 valence electrons. The van der Waals surface area contributed by atoms with Gasteiger partial charge in [-0.3, -0.25) is 4.79 Å². The molecular formula is C14H23NO2. The molecule has 0 spiro atoms. The zero-order chi connectivity index (χ0) is 13.2. The van der Waals surface area contributed by atoms with E-state index in [9.17, 15) is 9.90 Å². The monoisotopic (exact) mass is 237 g/mol. The van der Waals surface area contributed by atoms with Crippen LogP contribution < -0.4 is 5.73 Å². The summed E-state index contributed by atoms with van der Waals surface area (Å²) in [6.07, 6.45) is 5.54. The molecule has 0 saturated carbocycles. The first-order valence-electron chi connectivity index (χ1n) is 6.17. The van der Waals surface area contributed by atoms with Gasteiger partial charge in [0.05, 0.1) is 0 Å². The second-order valence-electron chi connectivity index (χ2n) is 5.54. The van der Waals surface area contributed by atoms with Crippen LogP contribution in [0.2, 0.25) is 0 Å². The van der Waals surface area contributed by atoms with Crippen molar-refractivity contribution < 1.29 is 9.90 Å². The maximum absolute atomic E-state index is 11.3. The van der Waals surface area contributed by atoms with E-state index in [0.29, 0.717) is 5.92 Å².